The fourth-order valence-electron chi connectivity index (χ4n) is 3.14. The number of rotatable bonds is 7. The van der Waals surface area contributed by atoms with E-state index in [0.29, 0.717) is 18.7 Å². The summed E-state index contributed by atoms with van der Waals surface area (Å²) in [5.41, 5.74) is 2.68. The Labute approximate surface area is 149 Å². The van der Waals surface area contributed by atoms with E-state index in [9.17, 15) is 4.79 Å². The highest BCUT2D eigenvalue weighted by molar-refractivity contribution is 5.99. The number of likely N-dealkylation sites (tertiary alicyclic amines) is 1. The lowest BCUT2D eigenvalue weighted by Gasteiger charge is -2.26. The summed E-state index contributed by atoms with van der Waals surface area (Å²) in [5.74, 6) is -0.0187. The summed E-state index contributed by atoms with van der Waals surface area (Å²) >= 11 is 0. The van der Waals surface area contributed by atoms with Gasteiger partial charge in [-0.3, -0.25) is 9.78 Å². The summed E-state index contributed by atoms with van der Waals surface area (Å²) in [4.78, 5) is 19.0. The summed E-state index contributed by atoms with van der Waals surface area (Å²) in [6, 6.07) is 11.6. The molecule has 1 saturated heterocycles. The average molecular weight is 338 g/mol. The van der Waals surface area contributed by atoms with Crippen molar-refractivity contribution < 1.29 is 4.79 Å². The largest absolute Gasteiger partial charge is 0.380 e. The lowest BCUT2D eigenvalue weighted by Crippen LogP contribution is -2.37. The average Bonchev–Trinajstić information content (AvgIpc) is 2.68. The van der Waals surface area contributed by atoms with E-state index in [1.54, 1.807) is 12.4 Å². The van der Waals surface area contributed by atoms with Gasteiger partial charge in [-0.1, -0.05) is 18.6 Å². The minimum absolute atomic E-state index is 0.0187. The van der Waals surface area contributed by atoms with E-state index < -0.39 is 0 Å². The summed E-state index contributed by atoms with van der Waals surface area (Å²) in [6.07, 6.45) is 7.43. The molecule has 1 amide bonds. The van der Waals surface area contributed by atoms with Crippen LogP contribution in [0.3, 0.4) is 0 Å². The van der Waals surface area contributed by atoms with Crippen molar-refractivity contribution in [1.29, 1.82) is 0 Å². The van der Waals surface area contributed by atoms with Crippen LogP contribution in [0.25, 0.3) is 0 Å². The van der Waals surface area contributed by atoms with Gasteiger partial charge in [0.05, 0.1) is 5.56 Å². The van der Waals surface area contributed by atoms with Crippen molar-refractivity contribution in [3.8, 4) is 0 Å². The number of amides is 1. The third-order valence-corrected chi connectivity index (χ3v) is 4.57. The molecule has 2 aromatic rings. The Morgan fingerprint density at radius 3 is 2.60 bits per heavy atom. The van der Waals surface area contributed by atoms with Crippen molar-refractivity contribution in [1.82, 2.24) is 15.2 Å². The van der Waals surface area contributed by atoms with Crippen LogP contribution in [-0.4, -0.2) is 42.0 Å². The fraction of sp³-hybridized carbons (Fsp3) is 0.400. The highest BCUT2D eigenvalue weighted by Crippen LogP contribution is 2.16. The van der Waals surface area contributed by atoms with Gasteiger partial charge >= 0.3 is 0 Å². The fourth-order valence-corrected chi connectivity index (χ4v) is 3.14. The van der Waals surface area contributed by atoms with E-state index in [-0.39, 0.29) is 5.91 Å². The number of pyridine rings is 1. The Morgan fingerprint density at radius 1 is 1.04 bits per heavy atom. The third-order valence-electron chi connectivity index (χ3n) is 4.57. The maximum absolute atomic E-state index is 12.5. The van der Waals surface area contributed by atoms with Gasteiger partial charge in [0.1, 0.15) is 0 Å². The Morgan fingerprint density at radius 2 is 1.80 bits per heavy atom. The zero-order valence-electron chi connectivity index (χ0n) is 14.6. The molecule has 0 saturated carbocycles. The first-order valence-corrected chi connectivity index (χ1v) is 9.05. The van der Waals surface area contributed by atoms with Crippen molar-refractivity contribution >= 4 is 11.6 Å². The quantitative estimate of drug-likeness (QED) is 0.815. The topological polar surface area (TPSA) is 57.3 Å². The van der Waals surface area contributed by atoms with Gasteiger partial charge in [0, 0.05) is 37.7 Å². The molecule has 0 aliphatic carbocycles. The molecule has 3 rings (SSSR count). The molecule has 0 bridgehead atoms. The van der Waals surface area contributed by atoms with Gasteiger partial charge in [-0.15, -0.1) is 0 Å². The molecule has 1 aromatic carbocycles. The van der Waals surface area contributed by atoms with Gasteiger partial charge in [0.25, 0.3) is 5.91 Å². The van der Waals surface area contributed by atoms with Crippen LogP contribution >= 0.6 is 0 Å². The van der Waals surface area contributed by atoms with Gasteiger partial charge in [0.2, 0.25) is 0 Å². The molecule has 1 aliphatic heterocycles. The maximum Gasteiger partial charge on any atom is 0.253 e. The second-order valence-electron chi connectivity index (χ2n) is 6.41. The highest BCUT2D eigenvalue weighted by Gasteiger charge is 2.12. The van der Waals surface area contributed by atoms with Crippen LogP contribution in [0.15, 0.2) is 48.8 Å². The van der Waals surface area contributed by atoms with Gasteiger partial charge in [0.15, 0.2) is 0 Å². The molecule has 0 unspecified atom stereocenters. The highest BCUT2D eigenvalue weighted by atomic mass is 16.1. The number of para-hydroxylation sites is 1. The molecule has 5 heteroatoms. The first-order valence-electron chi connectivity index (χ1n) is 9.05. The number of nitrogens with one attached hydrogen (secondary N) is 2. The number of benzene rings is 1. The number of hydrogen-bond donors (Lipinski definition) is 2. The zero-order chi connectivity index (χ0) is 17.3. The van der Waals surface area contributed by atoms with E-state index >= 15 is 0 Å². The third kappa shape index (κ3) is 5.29. The van der Waals surface area contributed by atoms with E-state index in [0.717, 1.165) is 30.9 Å². The lowest BCUT2D eigenvalue weighted by molar-refractivity contribution is 0.0947. The van der Waals surface area contributed by atoms with E-state index in [2.05, 4.69) is 20.5 Å². The molecule has 132 valence electrons. The Hall–Kier alpha value is -2.40. The summed E-state index contributed by atoms with van der Waals surface area (Å²) < 4.78 is 0. The zero-order valence-corrected chi connectivity index (χ0v) is 14.6. The molecule has 25 heavy (non-hydrogen) atoms. The van der Waals surface area contributed by atoms with E-state index in [4.69, 9.17) is 0 Å². The molecule has 2 N–H and O–H groups in total. The van der Waals surface area contributed by atoms with E-state index in [1.807, 2.05) is 36.4 Å². The van der Waals surface area contributed by atoms with Gasteiger partial charge in [-0.25, -0.2) is 0 Å². The van der Waals surface area contributed by atoms with Crippen molar-refractivity contribution in [3.63, 3.8) is 0 Å². The smallest absolute Gasteiger partial charge is 0.253 e. The number of carbonyl (C=O) groups excluding carboxylic acids is 1. The second-order valence-corrected chi connectivity index (χ2v) is 6.41. The minimum atomic E-state index is -0.0187. The maximum atomic E-state index is 12.5. The number of carbonyl (C=O) groups is 1. The lowest BCUT2D eigenvalue weighted by atomic mass is 10.1. The molecule has 1 aromatic heterocycles. The first-order chi connectivity index (χ1) is 12.3. The van der Waals surface area contributed by atoms with Crippen LogP contribution < -0.4 is 10.6 Å². The predicted molar refractivity (Wildman–Crippen MR) is 101 cm³/mol. The number of hydrogen-bond acceptors (Lipinski definition) is 4. The summed E-state index contributed by atoms with van der Waals surface area (Å²) in [5, 5.41) is 6.41. The van der Waals surface area contributed by atoms with Crippen molar-refractivity contribution in [2.75, 3.05) is 31.5 Å². The first kappa shape index (κ1) is 17.4. The molecule has 0 spiro atoms. The second kappa shape index (κ2) is 9.18. The molecule has 2 heterocycles. The normalized spacial score (nSPS) is 14.9. The number of anilines is 1. The van der Waals surface area contributed by atoms with Gasteiger partial charge in [-0.05, 0) is 55.8 Å². The van der Waals surface area contributed by atoms with Crippen LogP contribution in [0.1, 0.15) is 35.2 Å². The molecule has 1 aliphatic rings. The Balaban J connectivity index is 1.53. The van der Waals surface area contributed by atoms with Crippen molar-refractivity contribution in [2.45, 2.75) is 25.8 Å². The number of piperidine rings is 1. The van der Waals surface area contributed by atoms with Crippen molar-refractivity contribution in [3.05, 3.63) is 59.9 Å². The van der Waals surface area contributed by atoms with Crippen molar-refractivity contribution in [2.24, 2.45) is 0 Å². The molecule has 0 radical (unpaired) electrons. The van der Waals surface area contributed by atoms with Crippen LogP contribution in [0, 0.1) is 0 Å². The standard InChI is InChI=1S/C20H26N4O/c25-20(22-12-15-24-13-4-1-5-14-24)18-6-2-3-7-19(18)23-16-17-8-10-21-11-9-17/h2-3,6-11,23H,1,4-5,12-16H2,(H,22,25). The monoisotopic (exact) mass is 338 g/mol. The van der Waals surface area contributed by atoms with E-state index in [1.165, 1.54) is 19.3 Å². The Bertz CT molecular complexity index is 668. The van der Waals surface area contributed by atoms with Crippen LogP contribution in [-0.2, 0) is 6.54 Å². The van der Waals surface area contributed by atoms with Gasteiger partial charge < -0.3 is 15.5 Å². The van der Waals surface area contributed by atoms with Crippen LogP contribution in [0.4, 0.5) is 5.69 Å². The summed E-state index contributed by atoms with van der Waals surface area (Å²) in [7, 11) is 0. The van der Waals surface area contributed by atoms with Crippen LogP contribution in [0.2, 0.25) is 0 Å². The SMILES string of the molecule is O=C(NCCN1CCCCC1)c1ccccc1NCc1ccncc1. The van der Waals surface area contributed by atoms with Gasteiger partial charge in [-0.2, -0.15) is 0 Å². The molecular formula is C20H26N4O. The molecule has 1 fully saturated rings. The molecular weight excluding hydrogens is 312 g/mol. The Kier molecular flexibility index (Phi) is 6.40. The molecule has 5 nitrogen and oxygen atoms in total. The number of aromatic nitrogens is 1. The number of nitrogens with zero attached hydrogens (tertiary/aromatic N) is 2. The van der Waals surface area contributed by atoms with Crippen LogP contribution in [0.5, 0.6) is 0 Å². The summed E-state index contributed by atoms with van der Waals surface area (Å²) in [6.45, 7) is 4.59. The molecule has 0 atom stereocenters. The predicted octanol–water partition coefficient (Wildman–Crippen LogP) is 2.91. The minimum Gasteiger partial charge on any atom is -0.380 e.